The highest BCUT2D eigenvalue weighted by molar-refractivity contribution is 7.99. The molecule has 0 fully saturated rings. The average Bonchev–Trinajstić information content (AvgIpc) is 2.34. The number of thioether (sulfide) groups is 1. The standard InChI is InChI=1S/C12H20N2OS/c1-14(15-2)9-8-11(13)10-16-12-6-4-3-5-7-12/h3-7,11H,8-10,13H2,1-2H3. The first-order valence-corrected chi connectivity index (χ1v) is 6.39. The van der Waals surface area contributed by atoms with Crippen LogP contribution in [-0.4, -0.2) is 37.6 Å². The Morgan fingerprint density at radius 2 is 2.06 bits per heavy atom. The third-order valence-electron chi connectivity index (χ3n) is 2.33. The summed E-state index contributed by atoms with van der Waals surface area (Å²) in [5, 5.41) is 1.80. The number of nitrogens with two attached hydrogens (primary N) is 1. The van der Waals surface area contributed by atoms with E-state index in [1.54, 1.807) is 23.9 Å². The predicted octanol–water partition coefficient (Wildman–Crippen LogP) is 1.99. The number of benzene rings is 1. The first-order valence-electron chi connectivity index (χ1n) is 5.41. The second kappa shape index (κ2) is 7.68. The van der Waals surface area contributed by atoms with Crippen LogP contribution in [0.4, 0.5) is 0 Å². The normalized spacial score (nSPS) is 13.0. The van der Waals surface area contributed by atoms with E-state index in [1.165, 1.54) is 4.90 Å². The van der Waals surface area contributed by atoms with Crippen LogP contribution >= 0.6 is 11.8 Å². The van der Waals surface area contributed by atoms with Gasteiger partial charge < -0.3 is 10.6 Å². The highest BCUT2D eigenvalue weighted by Crippen LogP contribution is 2.18. The molecular formula is C12H20N2OS. The Morgan fingerprint density at radius 1 is 1.38 bits per heavy atom. The molecule has 0 aliphatic heterocycles. The average molecular weight is 240 g/mol. The monoisotopic (exact) mass is 240 g/mol. The van der Waals surface area contributed by atoms with Gasteiger partial charge in [-0.3, -0.25) is 0 Å². The van der Waals surface area contributed by atoms with Crippen LogP contribution in [0, 0.1) is 0 Å². The maximum Gasteiger partial charge on any atom is 0.0575 e. The van der Waals surface area contributed by atoms with Gasteiger partial charge in [-0.1, -0.05) is 18.2 Å². The summed E-state index contributed by atoms with van der Waals surface area (Å²) in [7, 11) is 3.58. The van der Waals surface area contributed by atoms with Crippen molar-refractivity contribution in [2.45, 2.75) is 17.4 Å². The summed E-state index contributed by atoms with van der Waals surface area (Å²) in [6.45, 7) is 0.868. The molecule has 0 saturated heterocycles. The lowest BCUT2D eigenvalue weighted by molar-refractivity contribution is -0.109. The van der Waals surface area contributed by atoms with Crippen molar-refractivity contribution in [1.29, 1.82) is 0 Å². The number of hydrogen-bond donors (Lipinski definition) is 1. The van der Waals surface area contributed by atoms with E-state index in [9.17, 15) is 0 Å². The summed E-state index contributed by atoms with van der Waals surface area (Å²) in [5.41, 5.74) is 6.02. The van der Waals surface area contributed by atoms with Crippen molar-refractivity contribution in [3.05, 3.63) is 30.3 Å². The van der Waals surface area contributed by atoms with Crippen LogP contribution in [-0.2, 0) is 4.84 Å². The highest BCUT2D eigenvalue weighted by atomic mass is 32.2. The smallest absolute Gasteiger partial charge is 0.0575 e. The predicted molar refractivity (Wildman–Crippen MR) is 69.4 cm³/mol. The van der Waals surface area contributed by atoms with Crippen LogP contribution in [0.15, 0.2) is 35.2 Å². The van der Waals surface area contributed by atoms with Gasteiger partial charge in [-0.15, -0.1) is 11.8 Å². The van der Waals surface area contributed by atoms with Crippen LogP contribution in [0.1, 0.15) is 6.42 Å². The fourth-order valence-electron chi connectivity index (χ4n) is 1.24. The van der Waals surface area contributed by atoms with Crippen LogP contribution in [0.2, 0.25) is 0 Å². The molecule has 0 aliphatic carbocycles. The maximum absolute atomic E-state index is 6.02. The Labute approximate surface area is 102 Å². The fourth-order valence-corrected chi connectivity index (χ4v) is 2.17. The summed E-state index contributed by atoms with van der Waals surface area (Å²) in [4.78, 5) is 6.31. The molecule has 0 amide bonds. The molecule has 1 rings (SSSR count). The van der Waals surface area contributed by atoms with Crippen LogP contribution in [0.3, 0.4) is 0 Å². The summed E-state index contributed by atoms with van der Waals surface area (Å²) in [6.07, 6.45) is 0.949. The van der Waals surface area contributed by atoms with E-state index < -0.39 is 0 Å². The Morgan fingerprint density at radius 3 is 2.69 bits per heavy atom. The van der Waals surface area contributed by atoms with Crippen molar-refractivity contribution >= 4 is 11.8 Å². The van der Waals surface area contributed by atoms with E-state index in [1.807, 2.05) is 25.2 Å². The molecule has 0 aromatic heterocycles. The van der Waals surface area contributed by atoms with E-state index in [4.69, 9.17) is 10.6 Å². The molecule has 0 saturated carbocycles. The summed E-state index contributed by atoms with van der Waals surface area (Å²) in [6, 6.07) is 10.6. The molecule has 1 aromatic rings. The number of rotatable bonds is 7. The van der Waals surface area contributed by atoms with E-state index in [0.29, 0.717) is 0 Å². The lowest BCUT2D eigenvalue weighted by atomic mass is 10.2. The zero-order valence-corrected chi connectivity index (χ0v) is 10.7. The maximum atomic E-state index is 6.02. The van der Waals surface area contributed by atoms with Crippen molar-refractivity contribution in [3.8, 4) is 0 Å². The molecule has 1 atom stereocenters. The van der Waals surface area contributed by atoms with Gasteiger partial charge in [-0.05, 0) is 18.6 Å². The first-order chi connectivity index (χ1) is 7.72. The second-order valence-corrected chi connectivity index (χ2v) is 4.80. The molecule has 0 spiro atoms. The van der Waals surface area contributed by atoms with Crippen LogP contribution < -0.4 is 5.73 Å². The first kappa shape index (κ1) is 13.5. The lowest BCUT2D eigenvalue weighted by Gasteiger charge is -2.16. The van der Waals surface area contributed by atoms with Gasteiger partial charge in [0, 0.05) is 30.3 Å². The van der Waals surface area contributed by atoms with Gasteiger partial charge in [-0.25, -0.2) is 0 Å². The molecule has 4 heteroatoms. The van der Waals surface area contributed by atoms with Gasteiger partial charge in [-0.2, -0.15) is 5.06 Å². The lowest BCUT2D eigenvalue weighted by Crippen LogP contribution is -2.29. The van der Waals surface area contributed by atoms with Crippen molar-refractivity contribution in [2.75, 3.05) is 26.5 Å². The minimum atomic E-state index is 0.211. The highest BCUT2D eigenvalue weighted by Gasteiger charge is 2.05. The molecule has 0 bridgehead atoms. The zero-order chi connectivity index (χ0) is 11.8. The van der Waals surface area contributed by atoms with Crippen molar-refractivity contribution < 1.29 is 4.84 Å². The van der Waals surface area contributed by atoms with Gasteiger partial charge in [0.15, 0.2) is 0 Å². The minimum absolute atomic E-state index is 0.211. The second-order valence-electron chi connectivity index (χ2n) is 3.71. The van der Waals surface area contributed by atoms with E-state index in [2.05, 4.69) is 12.1 Å². The molecule has 0 radical (unpaired) electrons. The third kappa shape index (κ3) is 5.51. The largest absolute Gasteiger partial charge is 0.327 e. The Kier molecular flexibility index (Phi) is 6.49. The van der Waals surface area contributed by atoms with Crippen molar-refractivity contribution in [3.63, 3.8) is 0 Å². The Hall–Kier alpha value is -0.550. The third-order valence-corrected chi connectivity index (χ3v) is 3.53. The summed E-state index contributed by atoms with van der Waals surface area (Å²) < 4.78 is 0. The van der Waals surface area contributed by atoms with Crippen molar-refractivity contribution in [2.24, 2.45) is 5.73 Å². The van der Waals surface area contributed by atoms with Crippen molar-refractivity contribution in [1.82, 2.24) is 5.06 Å². The Bertz CT molecular complexity index is 282. The van der Waals surface area contributed by atoms with E-state index in [-0.39, 0.29) is 6.04 Å². The summed E-state index contributed by atoms with van der Waals surface area (Å²) >= 11 is 1.80. The molecule has 16 heavy (non-hydrogen) atoms. The van der Waals surface area contributed by atoms with Crippen LogP contribution in [0.25, 0.3) is 0 Å². The molecular weight excluding hydrogens is 220 g/mol. The Balaban J connectivity index is 2.18. The summed E-state index contributed by atoms with van der Waals surface area (Å²) in [5.74, 6) is 0.946. The quantitative estimate of drug-likeness (QED) is 0.584. The van der Waals surface area contributed by atoms with Gasteiger partial charge in [0.1, 0.15) is 0 Å². The number of hydrogen-bond acceptors (Lipinski definition) is 4. The molecule has 0 heterocycles. The van der Waals surface area contributed by atoms with E-state index in [0.717, 1.165) is 18.7 Å². The van der Waals surface area contributed by atoms with Gasteiger partial charge >= 0.3 is 0 Å². The molecule has 1 aromatic carbocycles. The van der Waals surface area contributed by atoms with Crippen LogP contribution in [0.5, 0.6) is 0 Å². The molecule has 3 nitrogen and oxygen atoms in total. The van der Waals surface area contributed by atoms with Gasteiger partial charge in [0.2, 0.25) is 0 Å². The number of nitrogens with zero attached hydrogens (tertiary/aromatic N) is 1. The SMILES string of the molecule is CON(C)CCC(N)CSc1ccccc1. The van der Waals surface area contributed by atoms with E-state index >= 15 is 0 Å². The molecule has 0 aliphatic rings. The zero-order valence-electron chi connectivity index (χ0n) is 9.93. The molecule has 90 valence electrons. The number of hydroxylamine groups is 2. The van der Waals surface area contributed by atoms with Gasteiger partial charge in [0.05, 0.1) is 7.11 Å². The molecule has 1 unspecified atom stereocenters. The van der Waals surface area contributed by atoms with Gasteiger partial charge in [0.25, 0.3) is 0 Å². The minimum Gasteiger partial charge on any atom is -0.327 e. The fraction of sp³-hybridized carbons (Fsp3) is 0.500. The topological polar surface area (TPSA) is 38.5 Å². The molecule has 2 N–H and O–H groups in total.